The zero-order valence-electron chi connectivity index (χ0n) is 11.8. The molecule has 1 aliphatic heterocycles. The number of hydrogen-bond acceptors (Lipinski definition) is 6. The van der Waals surface area contributed by atoms with Gasteiger partial charge in [0.2, 0.25) is 5.95 Å². The average Bonchev–Trinajstić information content (AvgIpc) is 2.39. The predicted octanol–water partition coefficient (Wildman–Crippen LogP) is 0.803. The first-order valence-corrected chi connectivity index (χ1v) is 6.72. The van der Waals surface area contributed by atoms with E-state index < -0.39 is 0 Å². The highest BCUT2D eigenvalue weighted by Gasteiger charge is 2.27. The Morgan fingerprint density at radius 1 is 1.53 bits per heavy atom. The molecule has 1 saturated heterocycles. The predicted molar refractivity (Wildman–Crippen MR) is 74.6 cm³/mol. The lowest BCUT2D eigenvalue weighted by molar-refractivity contribution is -0.0105. The molecular formula is C13H22N4O2. The third kappa shape index (κ3) is 3.33. The molecule has 0 saturated carbocycles. The van der Waals surface area contributed by atoms with Gasteiger partial charge in [0, 0.05) is 24.8 Å². The van der Waals surface area contributed by atoms with Crippen LogP contribution in [-0.4, -0.2) is 53.5 Å². The molecule has 0 aromatic carbocycles. The van der Waals surface area contributed by atoms with E-state index in [2.05, 4.69) is 27.1 Å². The molecule has 0 bridgehead atoms. The largest absolute Gasteiger partial charge is 0.394 e. The van der Waals surface area contributed by atoms with Gasteiger partial charge in [0.25, 0.3) is 0 Å². The van der Waals surface area contributed by atoms with Gasteiger partial charge in [0.05, 0.1) is 25.4 Å². The molecule has 106 valence electrons. The lowest BCUT2D eigenvalue weighted by Gasteiger charge is -2.38. The van der Waals surface area contributed by atoms with Gasteiger partial charge >= 0.3 is 0 Å². The van der Waals surface area contributed by atoms with Crippen LogP contribution in [0.25, 0.3) is 0 Å². The molecular weight excluding hydrogens is 244 g/mol. The average molecular weight is 266 g/mol. The highest BCUT2D eigenvalue weighted by Crippen LogP contribution is 2.21. The first kappa shape index (κ1) is 14.0. The summed E-state index contributed by atoms with van der Waals surface area (Å²) in [5.41, 5.74) is 0.931. The third-order valence-corrected chi connectivity index (χ3v) is 3.18. The quantitative estimate of drug-likeness (QED) is 0.840. The Kier molecular flexibility index (Phi) is 4.55. The van der Waals surface area contributed by atoms with E-state index >= 15 is 0 Å². The number of hydrogen-bond donors (Lipinski definition) is 2. The molecule has 2 heterocycles. The Hall–Kier alpha value is -1.40. The van der Waals surface area contributed by atoms with Gasteiger partial charge in [-0.3, -0.25) is 0 Å². The van der Waals surface area contributed by atoms with Gasteiger partial charge in [0.1, 0.15) is 5.82 Å². The van der Waals surface area contributed by atoms with Crippen molar-refractivity contribution in [2.45, 2.75) is 32.9 Å². The topological polar surface area (TPSA) is 70.5 Å². The van der Waals surface area contributed by atoms with Crippen LogP contribution < -0.4 is 10.2 Å². The summed E-state index contributed by atoms with van der Waals surface area (Å²) in [6, 6.07) is 2.21. The minimum atomic E-state index is -0.144. The van der Waals surface area contributed by atoms with Crippen molar-refractivity contribution in [2.24, 2.45) is 0 Å². The van der Waals surface area contributed by atoms with Gasteiger partial charge in [-0.05, 0) is 20.8 Å². The molecule has 0 radical (unpaired) electrons. The summed E-state index contributed by atoms with van der Waals surface area (Å²) in [4.78, 5) is 11.1. The Labute approximate surface area is 113 Å². The number of rotatable bonds is 4. The minimum absolute atomic E-state index is 0.0351. The van der Waals surface area contributed by atoms with E-state index in [0.29, 0.717) is 19.1 Å². The molecule has 6 heteroatoms. The standard InChI is InChI=1S/C13H22N4O2/c1-4-14-13-15-9(2)5-12(16-13)17-6-11(7-18)19-8-10(17)3/h5,10-11,18H,4,6-8H2,1-3H3,(H,14,15,16). The molecule has 0 amide bonds. The number of aliphatic hydroxyl groups is 1. The Balaban J connectivity index is 2.23. The maximum absolute atomic E-state index is 9.24. The Bertz CT molecular complexity index is 427. The smallest absolute Gasteiger partial charge is 0.224 e. The van der Waals surface area contributed by atoms with Crippen molar-refractivity contribution < 1.29 is 9.84 Å². The number of aromatic nitrogens is 2. The third-order valence-electron chi connectivity index (χ3n) is 3.18. The van der Waals surface area contributed by atoms with Gasteiger partial charge in [0.15, 0.2) is 0 Å². The van der Waals surface area contributed by atoms with Crippen LogP contribution in [0.5, 0.6) is 0 Å². The molecule has 6 nitrogen and oxygen atoms in total. The molecule has 1 aromatic heterocycles. The van der Waals surface area contributed by atoms with E-state index in [0.717, 1.165) is 18.1 Å². The zero-order chi connectivity index (χ0) is 13.8. The highest BCUT2D eigenvalue weighted by molar-refractivity contribution is 5.46. The summed E-state index contributed by atoms with van der Waals surface area (Å²) in [5.74, 6) is 1.54. The molecule has 2 atom stereocenters. The van der Waals surface area contributed by atoms with Crippen molar-refractivity contribution in [1.29, 1.82) is 0 Å². The van der Waals surface area contributed by atoms with E-state index in [1.54, 1.807) is 0 Å². The normalized spacial score (nSPS) is 23.5. The molecule has 1 aromatic rings. The minimum Gasteiger partial charge on any atom is -0.394 e. The lowest BCUT2D eigenvalue weighted by Crippen LogP contribution is -2.50. The molecule has 2 unspecified atom stereocenters. The zero-order valence-corrected chi connectivity index (χ0v) is 11.8. The van der Waals surface area contributed by atoms with Crippen LogP contribution in [0.3, 0.4) is 0 Å². The molecule has 2 rings (SSSR count). The van der Waals surface area contributed by atoms with E-state index in [-0.39, 0.29) is 18.8 Å². The van der Waals surface area contributed by atoms with Crippen LogP contribution in [0.1, 0.15) is 19.5 Å². The second kappa shape index (κ2) is 6.16. The summed E-state index contributed by atoms with van der Waals surface area (Å²) in [6.07, 6.45) is -0.144. The van der Waals surface area contributed by atoms with Crippen molar-refractivity contribution in [3.8, 4) is 0 Å². The molecule has 1 aliphatic rings. The first-order valence-electron chi connectivity index (χ1n) is 6.72. The first-order chi connectivity index (χ1) is 9.13. The summed E-state index contributed by atoms with van der Waals surface area (Å²) in [5, 5.41) is 12.4. The fourth-order valence-electron chi connectivity index (χ4n) is 2.18. The molecule has 0 aliphatic carbocycles. The van der Waals surface area contributed by atoms with Crippen molar-refractivity contribution in [2.75, 3.05) is 36.5 Å². The van der Waals surface area contributed by atoms with Crippen molar-refractivity contribution in [3.05, 3.63) is 11.8 Å². The van der Waals surface area contributed by atoms with Crippen molar-refractivity contribution in [1.82, 2.24) is 9.97 Å². The van der Waals surface area contributed by atoms with Crippen LogP contribution in [0.15, 0.2) is 6.07 Å². The van der Waals surface area contributed by atoms with E-state index in [1.165, 1.54) is 0 Å². The van der Waals surface area contributed by atoms with Gasteiger partial charge in [-0.25, -0.2) is 4.98 Å². The van der Waals surface area contributed by atoms with Gasteiger partial charge < -0.3 is 20.1 Å². The Morgan fingerprint density at radius 2 is 2.32 bits per heavy atom. The maximum Gasteiger partial charge on any atom is 0.224 e. The second-order valence-corrected chi connectivity index (χ2v) is 4.86. The summed E-state index contributed by atoms with van der Waals surface area (Å²) >= 11 is 0. The monoisotopic (exact) mass is 266 g/mol. The number of ether oxygens (including phenoxy) is 1. The Morgan fingerprint density at radius 3 is 3.00 bits per heavy atom. The summed E-state index contributed by atoms with van der Waals surface area (Å²) < 4.78 is 5.55. The van der Waals surface area contributed by atoms with E-state index in [1.807, 2.05) is 19.9 Å². The fraction of sp³-hybridized carbons (Fsp3) is 0.692. The number of nitrogens with zero attached hydrogens (tertiary/aromatic N) is 3. The van der Waals surface area contributed by atoms with Crippen LogP contribution in [-0.2, 0) is 4.74 Å². The highest BCUT2D eigenvalue weighted by atomic mass is 16.5. The number of aryl methyl sites for hydroxylation is 1. The van der Waals surface area contributed by atoms with E-state index in [9.17, 15) is 5.11 Å². The van der Waals surface area contributed by atoms with Gasteiger partial charge in [-0.15, -0.1) is 0 Å². The second-order valence-electron chi connectivity index (χ2n) is 4.86. The maximum atomic E-state index is 9.24. The number of aliphatic hydroxyl groups excluding tert-OH is 1. The molecule has 0 spiro atoms. The summed E-state index contributed by atoms with van der Waals surface area (Å²) in [6.45, 7) is 8.15. The number of morpholine rings is 1. The lowest BCUT2D eigenvalue weighted by atomic mass is 10.2. The van der Waals surface area contributed by atoms with Crippen LogP contribution in [0, 0.1) is 6.92 Å². The molecule has 19 heavy (non-hydrogen) atoms. The molecule has 1 fully saturated rings. The SMILES string of the molecule is CCNc1nc(C)cc(N2CC(CO)OCC2C)n1. The van der Waals surface area contributed by atoms with Gasteiger partial charge in [-0.1, -0.05) is 0 Å². The summed E-state index contributed by atoms with van der Waals surface area (Å²) in [7, 11) is 0. The molecule has 2 N–H and O–H groups in total. The van der Waals surface area contributed by atoms with E-state index in [4.69, 9.17) is 4.74 Å². The number of anilines is 2. The number of nitrogens with one attached hydrogen (secondary N) is 1. The van der Waals surface area contributed by atoms with Crippen molar-refractivity contribution in [3.63, 3.8) is 0 Å². The van der Waals surface area contributed by atoms with Crippen molar-refractivity contribution >= 4 is 11.8 Å². The van der Waals surface area contributed by atoms with Crippen LogP contribution in [0.4, 0.5) is 11.8 Å². The van der Waals surface area contributed by atoms with Crippen LogP contribution >= 0.6 is 0 Å². The fourth-order valence-corrected chi connectivity index (χ4v) is 2.18. The van der Waals surface area contributed by atoms with Gasteiger partial charge in [-0.2, -0.15) is 4.98 Å². The van der Waals surface area contributed by atoms with Crippen LogP contribution in [0.2, 0.25) is 0 Å².